The number of carbonyl (C=O) groups excluding carboxylic acids is 1. The molecule has 0 saturated carbocycles. The minimum atomic E-state index is -0.335. The molecule has 3 heterocycles. The second-order valence-corrected chi connectivity index (χ2v) is 8.98. The molecule has 1 unspecified atom stereocenters. The number of hydrogen-bond acceptors (Lipinski definition) is 6. The second-order valence-electron chi connectivity index (χ2n) is 8.98. The van der Waals surface area contributed by atoms with Crippen molar-refractivity contribution < 1.29 is 13.9 Å². The topological polar surface area (TPSA) is 81.1 Å². The van der Waals surface area contributed by atoms with Gasteiger partial charge in [0.2, 0.25) is 5.95 Å². The van der Waals surface area contributed by atoms with Crippen LogP contribution in [-0.4, -0.2) is 32.9 Å². The first-order valence-electron chi connectivity index (χ1n) is 11.8. The quantitative estimate of drug-likeness (QED) is 0.384. The van der Waals surface area contributed by atoms with E-state index < -0.39 is 0 Å². The summed E-state index contributed by atoms with van der Waals surface area (Å²) < 4.78 is 22.1. The smallest absolute Gasteiger partial charge is 0.208 e. The monoisotopic (exact) mass is 473 g/mol. The molecule has 180 valence electrons. The highest BCUT2D eigenvalue weighted by molar-refractivity contribution is 5.86. The number of aromatic nitrogens is 3. The molecule has 7 nitrogen and oxygen atoms in total. The number of piperidine rings is 1. The number of rotatable bonds is 7. The minimum absolute atomic E-state index is 0.0854. The molecule has 4 aromatic rings. The van der Waals surface area contributed by atoms with E-state index in [-0.39, 0.29) is 24.1 Å². The lowest BCUT2D eigenvalue weighted by Gasteiger charge is -2.22. The van der Waals surface area contributed by atoms with Crippen LogP contribution < -0.4 is 15.4 Å². The van der Waals surface area contributed by atoms with Gasteiger partial charge in [-0.2, -0.15) is 0 Å². The zero-order chi connectivity index (χ0) is 24.4. The van der Waals surface area contributed by atoms with E-state index in [9.17, 15) is 9.18 Å². The maximum atomic E-state index is 14.2. The number of hydrogen-bond donors (Lipinski definition) is 2. The van der Waals surface area contributed by atoms with Crippen molar-refractivity contribution in [3.63, 3.8) is 0 Å². The third-order valence-electron chi connectivity index (χ3n) is 6.30. The maximum absolute atomic E-state index is 14.2. The van der Waals surface area contributed by atoms with E-state index in [1.165, 1.54) is 6.07 Å². The number of pyridine rings is 1. The van der Waals surface area contributed by atoms with Crippen LogP contribution in [0.2, 0.25) is 0 Å². The number of carbonyl (C=O) groups is 1. The maximum Gasteiger partial charge on any atom is 0.208 e. The fourth-order valence-corrected chi connectivity index (χ4v) is 4.39. The van der Waals surface area contributed by atoms with Crippen molar-refractivity contribution in [2.75, 3.05) is 11.9 Å². The van der Waals surface area contributed by atoms with Crippen LogP contribution in [0.15, 0.2) is 54.7 Å². The van der Waals surface area contributed by atoms with Gasteiger partial charge in [0.15, 0.2) is 5.78 Å². The van der Waals surface area contributed by atoms with Gasteiger partial charge in [-0.3, -0.25) is 9.78 Å². The largest absolute Gasteiger partial charge is 0.457 e. The van der Waals surface area contributed by atoms with Crippen LogP contribution in [0.3, 0.4) is 0 Å². The number of nitrogens with one attached hydrogen (secondary N) is 2. The molecule has 8 heteroatoms. The van der Waals surface area contributed by atoms with Gasteiger partial charge in [-0.05, 0) is 62.2 Å². The fourth-order valence-electron chi connectivity index (χ4n) is 4.39. The first-order valence-corrected chi connectivity index (χ1v) is 11.8. The van der Waals surface area contributed by atoms with Crippen molar-refractivity contribution in [1.82, 2.24) is 19.9 Å². The molecular formula is C27H28FN5O2. The summed E-state index contributed by atoms with van der Waals surface area (Å²) in [5.74, 6) is 1.58. The molecule has 2 N–H and O–H groups in total. The molecule has 2 aromatic heterocycles. The molecule has 35 heavy (non-hydrogen) atoms. The van der Waals surface area contributed by atoms with E-state index in [1.807, 2.05) is 36.7 Å². The molecular weight excluding hydrogens is 445 g/mol. The van der Waals surface area contributed by atoms with Gasteiger partial charge >= 0.3 is 0 Å². The summed E-state index contributed by atoms with van der Waals surface area (Å²) in [6.07, 6.45) is 5.01. The van der Waals surface area contributed by atoms with E-state index in [0.29, 0.717) is 34.3 Å². The summed E-state index contributed by atoms with van der Waals surface area (Å²) in [4.78, 5) is 21.6. The molecule has 0 aliphatic carbocycles. The average Bonchev–Trinajstić information content (AvgIpc) is 3.16. The van der Waals surface area contributed by atoms with E-state index in [2.05, 4.69) is 20.6 Å². The zero-order valence-electron chi connectivity index (χ0n) is 19.8. The number of ketones is 1. The number of benzene rings is 2. The average molecular weight is 474 g/mol. The fraction of sp³-hybridized carbons (Fsp3) is 0.296. The summed E-state index contributed by atoms with van der Waals surface area (Å²) in [5.41, 5.74) is 3.62. The van der Waals surface area contributed by atoms with Crippen LogP contribution in [0.4, 0.5) is 16.0 Å². The van der Waals surface area contributed by atoms with Gasteiger partial charge in [0.05, 0.1) is 34.9 Å². The number of ether oxygens (including phenoxy) is 1. The predicted molar refractivity (Wildman–Crippen MR) is 134 cm³/mol. The highest BCUT2D eigenvalue weighted by Gasteiger charge is 2.21. The molecule has 1 atom stereocenters. The van der Waals surface area contributed by atoms with Crippen LogP contribution in [0.1, 0.15) is 30.5 Å². The summed E-state index contributed by atoms with van der Waals surface area (Å²) >= 11 is 0. The van der Waals surface area contributed by atoms with Gasteiger partial charge in [0, 0.05) is 25.4 Å². The van der Waals surface area contributed by atoms with Crippen molar-refractivity contribution in [2.24, 2.45) is 7.05 Å². The Hall–Kier alpha value is -3.78. The molecule has 2 aromatic carbocycles. The predicted octanol–water partition coefficient (Wildman–Crippen LogP) is 5.21. The molecule has 0 radical (unpaired) electrons. The van der Waals surface area contributed by atoms with Crippen molar-refractivity contribution in [1.29, 1.82) is 0 Å². The van der Waals surface area contributed by atoms with Crippen molar-refractivity contribution >= 4 is 28.5 Å². The van der Waals surface area contributed by atoms with Crippen LogP contribution in [-0.2, 0) is 18.3 Å². The SMILES string of the molecule is Cc1ccc(F)c(Nc2nc3cc(Oc4ccnc(CC(=O)C5CCCCN5)c4)ccc3n2C)c1. The van der Waals surface area contributed by atoms with E-state index in [0.717, 1.165) is 36.9 Å². The Kier molecular flexibility index (Phi) is 6.46. The third kappa shape index (κ3) is 5.17. The molecule has 0 amide bonds. The Morgan fingerprint density at radius 3 is 2.86 bits per heavy atom. The summed E-state index contributed by atoms with van der Waals surface area (Å²) in [6, 6.07) is 14.0. The van der Waals surface area contributed by atoms with Crippen molar-refractivity contribution in [3.05, 3.63) is 71.8 Å². The Morgan fingerprint density at radius 2 is 2.03 bits per heavy atom. The van der Waals surface area contributed by atoms with Crippen LogP contribution >= 0.6 is 0 Å². The Morgan fingerprint density at radius 1 is 1.17 bits per heavy atom. The highest BCUT2D eigenvalue weighted by atomic mass is 19.1. The first-order chi connectivity index (χ1) is 17.0. The number of imidazole rings is 1. The highest BCUT2D eigenvalue weighted by Crippen LogP contribution is 2.29. The van der Waals surface area contributed by atoms with Crippen molar-refractivity contribution in [2.45, 2.75) is 38.6 Å². The molecule has 1 fully saturated rings. The second kappa shape index (κ2) is 9.84. The zero-order valence-corrected chi connectivity index (χ0v) is 19.8. The summed E-state index contributed by atoms with van der Waals surface area (Å²) in [7, 11) is 1.87. The van der Waals surface area contributed by atoms with Gasteiger partial charge in [0.1, 0.15) is 17.3 Å². The van der Waals surface area contributed by atoms with Crippen LogP contribution in [0.5, 0.6) is 11.5 Å². The van der Waals surface area contributed by atoms with Crippen LogP contribution in [0, 0.1) is 12.7 Å². The normalized spacial score (nSPS) is 15.8. The Balaban J connectivity index is 1.32. The third-order valence-corrected chi connectivity index (χ3v) is 6.30. The lowest BCUT2D eigenvalue weighted by molar-refractivity contribution is -0.121. The molecule has 0 spiro atoms. The first kappa shape index (κ1) is 23.0. The minimum Gasteiger partial charge on any atom is -0.457 e. The van der Waals surface area contributed by atoms with E-state index >= 15 is 0 Å². The van der Waals surface area contributed by atoms with E-state index in [4.69, 9.17) is 4.74 Å². The molecule has 0 bridgehead atoms. The molecule has 1 aliphatic heterocycles. The van der Waals surface area contributed by atoms with Gasteiger partial charge < -0.3 is 19.9 Å². The van der Waals surface area contributed by atoms with Crippen molar-refractivity contribution in [3.8, 4) is 11.5 Å². The van der Waals surface area contributed by atoms with E-state index in [1.54, 1.807) is 30.5 Å². The van der Waals surface area contributed by atoms with Gasteiger partial charge in [-0.25, -0.2) is 9.37 Å². The van der Waals surface area contributed by atoms with Gasteiger partial charge in [-0.1, -0.05) is 12.5 Å². The Labute approximate surface area is 203 Å². The number of fused-ring (bicyclic) bond motifs is 1. The molecule has 1 aliphatic rings. The molecule has 5 rings (SSSR count). The number of nitrogens with zero attached hydrogens (tertiary/aromatic N) is 3. The number of Topliss-reactive ketones (excluding diaryl/α,β-unsaturated/α-hetero) is 1. The number of anilines is 2. The standard InChI is InChI=1S/C27H28FN5O2/c1-17-6-8-21(28)23(13-17)31-27-32-24-16-19(7-9-25(24)33(27)2)35-20-10-12-29-18(14-20)15-26(34)22-5-3-4-11-30-22/h6-10,12-14,16,22,30H,3-5,11,15H2,1-2H3,(H,31,32). The summed E-state index contributed by atoms with van der Waals surface area (Å²) in [6.45, 7) is 2.80. The van der Waals surface area contributed by atoms with Crippen LogP contribution in [0.25, 0.3) is 11.0 Å². The Bertz CT molecular complexity index is 1380. The number of halogens is 1. The number of aryl methyl sites for hydroxylation is 2. The van der Waals surface area contributed by atoms with Gasteiger partial charge in [0.25, 0.3) is 0 Å². The summed E-state index contributed by atoms with van der Waals surface area (Å²) in [5, 5.41) is 6.38. The lowest BCUT2D eigenvalue weighted by Crippen LogP contribution is -2.41. The molecule has 1 saturated heterocycles. The van der Waals surface area contributed by atoms with Gasteiger partial charge in [-0.15, -0.1) is 0 Å². The lowest BCUT2D eigenvalue weighted by atomic mass is 9.98.